The molecule has 0 radical (unpaired) electrons. The summed E-state index contributed by atoms with van der Waals surface area (Å²) in [6.45, 7) is 17.8. The number of hydrogen-bond donors (Lipinski definition) is 1. The number of allylic oxidation sites excluding steroid dienone is 1. The fourth-order valence-electron chi connectivity index (χ4n) is 5.25. The van der Waals surface area contributed by atoms with Gasteiger partial charge in [-0.2, -0.15) is 0 Å². The van der Waals surface area contributed by atoms with Crippen LogP contribution < -0.4 is 0 Å². The van der Waals surface area contributed by atoms with Crippen molar-refractivity contribution in [1.29, 1.82) is 0 Å². The predicted octanol–water partition coefficient (Wildman–Crippen LogP) is 7.18. The molecule has 202 valence electrons. The second-order valence-electron chi connectivity index (χ2n) is 11.2. The van der Waals surface area contributed by atoms with E-state index in [9.17, 15) is 14.7 Å². The molecule has 6 atom stereocenters. The first-order chi connectivity index (χ1) is 16.9. The molecular formula is C30H47NO4S. The largest absolute Gasteiger partial charge is 0.457 e. The summed E-state index contributed by atoms with van der Waals surface area (Å²) < 4.78 is 5.95. The zero-order valence-electron chi connectivity index (χ0n) is 23.8. The van der Waals surface area contributed by atoms with Crippen LogP contribution in [0.15, 0.2) is 22.6 Å². The monoisotopic (exact) mass is 517 g/mol. The van der Waals surface area contributed by atoms with Crippen LogP contribution in [-0.4, -0.2) is 34.1 Å². The Bertz CT molecular complexity index is 960. The number of nitrogens with zero attached hydrogens (tertiary/aromatic N) is 1. The van der Waals surface area contributed by atoms with E-state index in [1.165, 1.54) is 5.57 Å². The quantitative estimate of drug-likeness (QED) is 0.332. The molecule has 0 amide bonds. The van der Waals surface area contributed by atoms with E-state index in [4.69, 9.17) is 4.74 Å². The molecule has 1 N–H and O–H groups in total. The van der Waals surface area contributed by atoms with Gasteiger partial charge in [-0.05, 0) is 69.4 Å². The third kappa shape index (κ3) is 8.11. The molecule has 5 nitrogen and oxygen atoms in total. The molecule has 1 aliphatic carbocycles. The highest BCUT2D eigenvalue weighted by Gasteiger charge is 2.42. The summed E-state index contributed by atoms with van der Waals surface area (Å²) in [7, 11) is 0. The maximum atomic E-state index is 13.2. The number of ether oxygens (including phenoxy) is 1. The average molecular weight is 518 g/mol. The second kappa shape index (κ2) is 13.1. The smallest absolute Gasteiger partial charge is 0.306 e. The van der Waals surface area contributed by atoms with Gasteiger partial charge in [0.25, 0.3) is 0 Å². The first-order valence-electron chi connectivity index (χ1n) is 13.6. The number of esters is 1. The number of aliphatic hydroxyl groups excluding tert-OH is 1. The van der Waals surface area contributed by atoms with Crippen LogP contribution in [-0.2, 0) is 14.3 Å². The van der Waals surface area contributed by atoms with E-state index in [1.54, 1.807) is 11.3 Å². The van der Waals surface area contributed by atoms with Crippen molar-refractivity contribution in [3.8, 4) is 0 Å². The van der Waals surface area contributed by atoms with Gasteiger partial charge in [0.15, 0.2) is 0 Å². The molecule has 1 saturated carbocycles. The van der Waals surface area contributed by atoms with Gasteiger partial charge in [-0.25, -0.2) is 4.98 Å². The summed E-state index contributed by atoms with van der Waals surface area (Å²) in [5.74, 6) is 0.377. The van der Waals surface area contributed by atoms with Gasteiger partial charge < -0.3 is 9.84 Å². The van der Waals surface area contributed by atoms with E-state index < -0.39 is 17.4 Å². The Hall–Kier alpha value is -1.79. The number of fused-ring (bicyclic) bond motifs is 1. The average Bonchev–Trinajstić information content (AvgIpc) is 3.50. The third-order valence-electron chi connectivity index (χ3n) is 7.76. The first-order valence-corrected chi connectivity index (χ1v) is 14.5. The van der Waals surface area contributed by atoms with E-state index in [-0.39, 0.29) is 30.2 Å². The maximum absolute atomic E-state index is 13.2. The predicted molar refractivity (Wildman–Crippen MR) is 149 cm³/mol. The molecule has 0 bridgehead atoms. The number of cyclic esters (lactones) is 1. The Kier molecular flexibility index (Phi) is 11.1. The summed E-state index contributed by atoms with van der Waals surface area (Å²) in [5, 5.41) is 13.9. The molecule has 0 aromatic carbocycles. The van der Waals surface area contributed by atoms with Crippen LogP contribution >= 0.6 is 11.3 Å². The molecule has 2 unspecified atom stereocenters. The second-order valence-corrected chi connectivity index (χ2v) is 12.2. The maximum Gasteiger partial charge on any atom is 0.306 e. The minimum atomic E-state index is -0.701. The van der Waals surface area contributed by atoms with Crippen LogP contribution in [0.2, 0.25) is 0 Å². The van der Waals surface area contributed by atoms with Crippen molar-refractivity contribution in [3.63, 3.8) is 0 Å². The lowest BCUT2D eigenvalue weighted by Gasteiger charge is -2.31. The van der Waals surface area contributed by atoms with E-state index in [2.05, 4.69) is 24.9 Å². The van der Waals surface area contributed by atoms with Crippen molar-refractivity contribution >= 4 is 29.2 Å². The number of carbonyl (C=O) groups excluding carboxylic acids is 2. The molecule has 0 saturated heterocycles. The normalized spacial score (nSPS) is 33.4. The number of aromatic nitrogens is 1. The van der Waals surface area contributed by atoms with Crippen LogP contribution in [0.1, 0.15) is 98.2 Å². The van der Waals surface area contributed by atoms with Gasteiger partial charge in [0.1, 0.15) is 11.9 Å². The summed E-state index contributed by atoms with van der Waals surface area (Å²) in [6.07, 6.45) is 6.44. The number of Topliss-reactive ketones (excluding diaryl/α,β-unsaturated/α-hetero) is 1. The van der Waals surface area contributed by atoms with Gasteiger partial charge in [0.05, 0.1) is 16.8 Å². The van der Waals surface area contributed by atoms with Gasteiger partial charge in [0.2, 0.25) is 0 Å². The minimum absolute atomic E-state index is 0.0155. The summed E-state index contributed by atoms with van der Waals surface area (Å²) in [5.41, 5.74) is 2.48. The summed E-state index contributed by atoms with van der Waals surface area (Å²) in [6, 6.07) is 0. The molecule has 2 heterocycles. The van der Waals surface area contributed by atoms with Crippen molar-refractivity contribution in [1.82, 2.24) is 4.98 Å². The Balaban J connectivity index is 0.00000222. The lowest BCUT2D eigenvalue weighted by atomic mass is 9.74. The molecule has 6 heteroatoms. The molecule has 1 aromatic heterocycles. The molecular weight excluding hydrogens is 470 g/mol. The molecule has 1 aromatic rings. The van der Waals surface area contributed by atoms with Crippen LogP contribution in [0.4, 0.5) is 0 Å². The van der Waals surface area contributed by atoms with E-state index in [0.29, 0.717) is 24.7 Å². The van der Waals surface area contributed by atoms with Gasteiger partial charge >= 0.3 is 5.97 Å². The van der Waals surface area contributed by atoms with Crippen molar-refractivity contribution in [3.05, 3.63) is 33.3 Å². The van der Waals surface area contributed by atoms with Gasteiger partial charge in [-0.3, -0.25) is 9.59 Å². The highest BCUT2D eigenvalue weighted by molar-refractivity contribution is 7.09. The van der Waals surface area contributed by atoms with Crippen molar-refractivity contribution in [2.45, 2.75) is 107 Å². The number of aryl methyl sites for hydroxylation is 1. The van der Waals surface area contributed by atoms with Crippen molar-refractivity contribution in [2.75, 3.05) is 0 Å². The first kappa shape index (κ1) is 30.4. The zero-order chi connectivity index (χ0) is 27.2. The van der Waals surface area contributed by atoms with Gasteiger partial charge in [0, 0.05) is 29.6 Å². The van der Waals surface area contributed by atoms with Crippen molar-refractivity contribution < 1.29 is 19.4 Å². The number of ketones is 1. The van der Waals surface area contributed by atoms with E-state index in [0.717, 1.165) is 29.1 Å². The Morgan fingerprint density at radius 3 is 2.47 bits per heavy atom. The van der Waals surface area contributed by atoms with Crippen LogP contribution in [0.5, 0.6) is 0 Å². The minimum Gasteiger partial charge on any atom is -0.457 e. The third-order valence-corrected chi connectivity index (χ3v) is 8.55. The summed E-state index contributed by atoms with van der Waals surface area (Å²) in [4.78, 5) is 30.6. The van der Waals surface area contributed by atoms with E-state index >= 15 is 0 Å². The fraction of sp³-hybridized carbons (Fsp3) is 0.700. The highest BCUT2D eigenvalue weighted by Crippen LogP contribution is 2.49. The number of rotatable bonds is 2. The SMILES string of the molecule is C/C1=C/C[C@@H](/C(C)=C/c2csc(C)n2)OC(=O)CCC(C)(C)C(=O)[C@H](C)[C@@H](O)[C@@H](C)CC2CC12.CC. The number of carbonyl (C=O) groups is 2. The fourth-order valence-corrected chi connectivity index (χ4v) is 5.82. The Morgan fingerprint density at radius 2 is 1.86 bits per heavy atom. The Labute approximate surface area is 222 Å². The zero-order valence-corrected chi connectivity index (χ0v) is 24.6. The van der Waals surface area contributed by atoms with Crippen LogP contribution in [0.3, 0.4) is 0 Å². The van der Waals surface area contributed by atoms with E-state index in [1.807, 2.05) is 59.9 Å². The molecule has 3 rings (SSSR count). The van der Waals surface area contributed by atoms with Crippen LogP contribution in [0, 0.1) is 36.0 Å². The number of hydrogen-bond acceptors (Lipinski definition) is 6. The van der Waals surface area contributed by atoms with Gasteiger partial charge in [-0.15, -0.1) is 11.3 Å². The molecule has 36 heavy (non-hydrogen) atoms. The molecule has 1 fully saturated rings. The standard InChI is InChI=1S/C28H41NO4S.C2H6/c1-16-8-9-24(17(2)13-22-15-34-20(5)29-22)33-25(30)10-11-28(6,7)27(32)19(4)26(31)18(3)12-21-14-23(16)21;1-2/h8,13,15,18-19,21,23-24,26,31H,9-12,14H2,1-7H3;1-2H3/b16-8-,17-13+;/t18-,19+,21?,23?,24-,26-;/m0./s1. The highest BCUT2D eigenvalue weighted by atomic mass is 32.1. The van der Waals surface area contributed by atoms with Crippen molar-refractivity contribution in [2.24, 2.45) is 29.1 Å². The lowest BCUT2D eigenvalue weighted by Crippen LogP contribution is -2.39. The molecule has 1 aliphatic heterocycles. The van der Waals surface area contributed by atoms with Crippen LogP contribution in [0.25, 0.3) is 6.08 Å². The lowest BCUT2D eigenvalue weighted by molar-refractivity contribution is -0.148. The number of aliphatic hydroxyl groups is 1. The molecule has 2 aliphatic rings. The summed E-state index contributed by atoms with van der Waals surface area (Å²) >= 11 is 1.60. The molecule has 0 spiro atoms. The Morgan fingerprint density at radius 1 is 1.19 bits per heavy atom. The van der Waals surface area contributed by atoms with Gasteiger partial charge in [-0.1, -0.05) is 53.2 Å². The topological polar surface area (TPSA) is 76.5 Å². The number of thiazole rings is 1.